The third-order valence-corrected chi connectivity index (χ3v) is 9.24. The van der Waals surface area contributed by atoms with Crippen molar-refractivity contribution in [2.24, 2.45) is 4.99 Å². The summed E-state index contributed by atoms with van der Waals surface area (Å²) in [7, 11) is -3.78. The molecular formula is C29H21N5O4S3. The van der Waals surface area contributed by atoms with Crippen molar-refractivity contribution in [3.8, 4) is 11.3 Å². The number of nitrogens with one attached hydrogen (secondary N) is 1. The van der Waals surface area contributed by atoms with Gasteiger partial charge in [-0.3, -0.25) is 14.4 Å². The van der Waals surface area contributed by atoms with Gasteiger partial charge in [-0.25, -0.2) is 18.4 Å². The quantitative estimate of drug-likeness (QED) is 0.159. The Labute approximate surface area is 244 Å². The van der Waals surface area contributed by atoms with Gasteiger partial charge in [-0.2, -0.15) is 0 Å². The van der Waals surface area contributed by atoms with Crippen molar-refractivity contribution in [2.45, 2.75) is 4.90 Å². The second kappa shape index (κ2) is 11.2. The minimum Gasteiger partial charge on any atom is -0.355 e. The van der Waals surface area contributed by atoms with Crippen molar-refractivity contribution in [2.75, 3.05) is 11.3 Å². The summed E-state index contributed by atoms with van der Waals surface area (Å²) in [5.74, 6) is 0.461. The molecule has 3 aromatic carbocycles. The van der Waals surface area contributed by atoms with E-state index in [1.807, 2.05) is 54.6 Å². The van der Waals surface area contributed by atoms with Crippen molar-refractivity contribution in [1.29, 1.82) is 0 Å². The molecular weight excluding hydrogens is 579 g/mol. The third-order valence-electron chi connectivity index (χ3n) is 6.06. The smallest absolute Gasteiger partial charge is 0.267 e. The molecule has 0 radical (unpaired) electrons. The Bertz CT molecular complexity index is 1910. The van der Waals surface area contributed by atoms with E-state index in [0.717, 1.165) is 22.0 Å². The van der Waals surface area contributed by atoms with E-state index in [1.165, 1.54) is 46.3 Å². The lowest BCUT2D eigenvalue weighted by molar-refractivity contribution is -0.121. The lowest BCUT2D eigenvalue weighted by atomic mass is 10.1. The number of thioether (sulfide) groups is 1. The Morgan fingerprint density at radius 2 is 1.88 bits per heavy atom. The highest BCUT2D eigenvalue weighted by atomic mass is 32.2. The van der Waals surface area contributed by atoms with Crippen LogP contribution >= 0.6 is 23.1 Å². The maximum absolute atomic E-state index is 13.3. The normalized spacial score (nSPS) is 15.7. The molecule has 0 bridgehead atoms. The standard InChI is InChI=1S/C29H21N5O4S3/c1-2-15-34-27(35)25(18-19-8-13-24-23(17-19)26(38-32-24)20-6-4-3-5-7-20)40-29(34)31-21-9-11-22(12-10-21)41(36,37)33-28-30-14-16-39-28/h2-14,16-18H,1,15H2,(H,30,33)/b25-18-,31-29?. The summed E-state index contributed by atoms with van der Waals surface area (Å²) in [5, 5.41) is 7.45. The molecule has 1 saturated heterocycles. The van der Waals surface area contributed by atoms with E-state index in [-0.39, 0.29) is 22.5 Å². The molecule has 204 valence electrons. The second-order valence-corrected chi connectivity index (χ2v) is 12.4. The number of sulfonamides is 1. The Morgan fingerprint density at radius 3 is 2.61 bits per heavy atom. The summed E-state index contributed by atoms with van der Waals surface area (Å²) in [4.78, 5) is 24.0. The predicted molar refractivity (Wildman–Crippen MR) is 163 cm³/mol. The number of amides is 1. The molecule has 0 saturated carbocycles. The molecule has 2 aromatic heterocycles. The van der Waals surface area contributed by atoms with Crippen molar-refractivity contribution in [3.05, 3.63) is 107 Å². The fourth-order valence-electron chi connectivity index (χ4n) is 4.14. The van der Waals surface area contributed by atoms with Crippen molar-refractivity contribution >= 4 is 72.0 Å². The first-order chi connectivity index (χ1) is 19.9. The van der Waals surface area contributed by atoms with E-state index >= 15 is 0 Å². The highest BCUT2D eigenvalue weighted by Crippen LogP contribution is 2.36. The van der Waals surface area contributed by atoms with Gasteiger partial charge in [-0.15, -0.1) is 17.9 Å². The molecule has 0 spiro atoms. The monoisotopic (exact) mass is 599 g/mol. The average molecular weight is 600 g/mol. The van der Waals surface area contributed by atoms with Gasteiger partial charge in [0, 0.05) is 23.7 Å². The van der Waals surface area contributed by atoms with Crippen molar-refractivity contribution < 1.29 is 17.7 Å². The lowest BCUT2D eigenvalue weighted by Gasteiger charge is -2.12. The number of aromatic nitrogens is 2. The van der Waals surface area contributed by atoms with Gasteiger partial charge in [-0.1, -0.05) is 47.6 Å². The maximum atomic E-state index is 13.3. The minimum absolute atomic E-state index is 0.0781. The number of nitrogens with zero attached hydrogens (tertiary/aromatic N) is 4. The molecule has 1 amide bonds. The Morgan fingerprint density at radius 1 is 1.07 bits per heavy atom. The van der Waals surface area contributed by atoms with Gasteiger partial charge in [0.1, 0.15) is 5.52 Å². The maximum Gasteiger partial charge on any atom is 0.267 e. The molecule has 0 atom stereocenters. The number of fused-ring (bicyclic) bond motifs is 1. The number of hydrogen-bond acceptors (Lipinski definition) is 9. The molecule has 5 aromatic rings. The fraction of sp³-hybridized carbons (Fsp3) is 0.0345. The van der Waals surface area contributed by atoms with Crippen LogP contribution in [0.15, 0.2) is 116 Å². The van der Waals surface area contributed by atoms with Crippen LogP contribution in [0.1, 0.15) is 5.56 Å². The van der Waals surface area contributed by atoms with Crippen LogP contribution in [0.25, 0.3) is 28.3 Å². The molecule has 6 rings (SSSR count). The van der Waals surface area contributed by atoms with Crippen LogP contribution in [-0.2, 0) is 14.8 Å². The second-order valence-electron chi connectivity index (χ2n) is 8.80. The molecule has 12 heteroatoms. The number of hydrogen-bond donors (Lipinski definition) is 1. The number of carbonyl (C=O) groups excluding carboxylic acids is 1. The van der Waals surface area contributed by atoms with E-state index in [9.17, 15) is 13.2 Å². The van der Waals surface area contributed by atoms with E-state index < -0.39 is 10.0 Å². The first kappa shape index (κ1) is 26.7. The third kappa shape index (κ3) is 5.57. The lowest BCUT2D eigenvalue weighted by Crippen LogP contribution is -2.29. The summed E-state index contributed by atoms with van der Waals surface area (Å²) in [6.07, 6.45) is 4.97. The van der Waals surface area contributed by atoms with Gasteiger partial charge in [0.2, 0.25) is 0 Å². The summed E-state index contributed by atoms with van der Waals surface area (Å²) >= 11 is 2.43. The summed E-state index contributed by atoms with van der Waals surface area (Å²) < 4.78 is 33.4. The van der Waals surface area contributed by atoms with E-state index in [4.69, 9.17) is 4.52 Å². The van der Waals surface area contributed by atoms with Gasteiger partial charge in [0.05, 0.1) is 20.9 Å². The van der Waals surface area contributed by atoms with Gasteiger partial charge in [0.15, 0.2) is 16.1 Å². The van der Waals surface area contributed by atoms with Crippen LogP contribution in [0, 0.1) is 0 Å². The topological polar surface area (TPSA) is 118 Å². The Hall–Kier alpha value is -4.52. The number of anilines is 1. The molecule has 1 aliphatic rings. The molecule has 9 nitrogen and oxygen atoms in total. The molecule has 41 heavy (non-hydrogen) atoms. The zero-order valence-corrected chi connectivity index (χ0v) is 23.7. The average Bonchev–Trinajstić information content (AvgIpc) is 3.71. The van der Waals surface area contributed by atoms with Crippen LogP contribution in [0.3, 0.4) is 0 Å². The van der Waals surface area contributed by atoms with Crippen LogP contribution in [-0.4, -0.2) is 41.1 Å². The molecule has 1 fully saturated rings. The largest absolute Gasteiger partial charge is 0.355 e. The van der Waals surface area contributed by atoms with Crippen molar-refractivity contribution in [3.63, 3.8) is 0 Å². The minimum atomic E-state index is -3.78. The first-order valence-electron chi connectivity index (χ1n) is 12.3. The summed E-state index contributed by atoms with van der Waals surface area (Å²) in [5.41, 5.74) is 2.95. The highest BCUT2D eigenvalue weighted by molar-refractivity contribution is 8.18. The van der Waals surface area contributed by atoms with Crippen LogP contribution in [0.4, 0.5) is 10.8 Å². The number of rotatable bonds is 8. The zero-order valence-electron chi connectivity index (χ0n) is 21.3. The first-order valence-corrected chi connectivity index (χ1v) is 15.5. The predicted octanol–water partition coefficient (Wildman–Crippen LogP) is 6.54. The molecule has 1 N–H and O–H groups in total. The number of carbonyl (C=O) groups is 1. The number of amidine groups is 1. The van der Waals surface area contributed by atoms with Gasteiger partial charge in [-0.05, 0) is 59.8 Å². The number of thiazole rings is 1. The van der Waals surface area contributed by atoms with Crippen molar-refractivity contribution in [1.82, 2.24) is 15.0 Å². The van der Waals surface area contributed by atoms with Crippen LogP contribution in [0.5, 0.6) is 0 Å². The van der Waals surface area contributed by atoms with Gasteiger partial charge >= 0.3 is 0 Å². The van der Waals surface area contributed by atoms with E-state index in [0.29, 0.717) is 21.5 Å². The number of aliphatic imine (C=N–C) groups is 1. The van der Waals surface area contributed by atoms with E-state index in [1.54, 1.807) is 23.6 Å². The SMILES string of the molecule is C=CCN1C(=O)/C(=C/c2ccc3noc(-c4ccccc4)c3c2)SC1=Nc1ccc(S(=O)(=O)Nc2nccs2)cc1. The van der Waals surface area contributed by atoms with Crippen LogP contribution in [0.2, 0.25) is 0 Å². The summed E-state index contributed by atoms with van der Waals surface area (Å²) in [6.45, 7) is 4.04. The van der Waals surface area contributed by atoms with Gasteiger partial charge in [0.25, 0.3) is 15.9 Å². The molecule has 0 unspecified atom stereocenters. The fourth-order valence-corrected chi connectivity index (χ4v) is 6.93. The summed E-state index contributed by atoms with van der Waals surface area (Å²) in [6, 6.07) is 21.5. The van der Waals surface area contributed by atoms with E-state index in [2.05, 4.69) is 26.4 Å². The van der Waals surface area contributed by atoms with Crippen LogP contribution < -0.4 is 4.72 Å². The molecule has 1 aliphatic heterocycles. The van der Waals surface area contributed by atoms with Gasteiger partial charge < -0.3 is 4.52 Å². The Balaban J connectivity index is 1.28. The molecule has 3 heterocycles. The zero-order chi connectivity index (χ0) is 28.4. The highest BCUT2D eigenvalue weighted by Gasteiger charge is 2.32. The Kier molecular flexibility index (Phi) is 7.26. The number of benzene rings is 3. The molecule has 0 aliphatic carbocycles.